The molecular formula is C83H63BN2O6. The van der Waals surface area contributed by atoms with E-state index in [0.717, 1.165) is 159 Å². The van der Waals surface area contributed by atoms with Crippen LogP contribution >= 0.6 is 0 Å². The van der Waals surface area contributed by atoms with Crippen molar-refractivity contribution in [3.05, 3.63) is 246 Å². The van der Waals surface area contributed by atoms with Crippen LogP contribution in [0.2, 0.25) is 0 Å². The summed E-state index contributed by atoms with van der Waals surface area (Å²) in [7, 11) is 0. The normalized spacial score (nSPS) is 15.6. The minimum absolute atomic E-state index is 0.197. The van der Waals surface area contributed by atoms with Crippen LogP contribution in [0, 0.1) is 6.92 Å². The van der Waals surface area contributed by atoms with Gasteiger partial charge in [0.15, 0.2) is 23.0 Å². The lowest BCUT2D eigenvalue weighted by Gasteiger charge is -2.45. The first-order chi connectivity index (χ1) is 45.0. The number of rotatable bonds is 6. The van der Waals surface area contributed by atoms with Crippen LogP contribution in [0.25, 0.3) is 89.1 Å². The number of nitrogens with zero attached hydrogens (tertiary/aromatic N) is 2. The van der Waals surface area contributed by atoms with E-state index in [1.165, 1.54) is 44.5 Å². The molecule has 2 aliphatic carbocycles. The number of ether oxygens (including phenoxy) is 4. The topological polar surface area (TPSA) is 69.7 Å². The molecule has 4 aliphatic heterocycles. The molecular weight excluding hydrogens is 1130 g/mol. The second kappa shape index (κ2) is 19.7. The Hall–Kier alpha value is -10.6. The largest absolute Gasteiger partial charge is 0.490 e. The molecule has 19 rings (SSSR count). The Kier molecular flexibility index (Phi) is 11.4. The van der Waals surface area contributed by atoms with Gasteiger partial charge in [-0.2, -0.15) is 0 Å². The molecule has 13 aromatic rings. The zero-order chi connectivity index (χ0) is 61.3. The third-order valence-electron chi connectivity index (χ3n) is 20.6. The minimum atomic E-state index is -0.287. The fourth-order valence-corrected chi connectivity index (χ4v) is 16.1. The molecule has 9 heteroatoms. The summed E-state index contributed by atoms with van der Waals surface area (Å²) in [4.78, 5) is 4.98. The van der Waals surface area contributed by atoms with E-state index >= 15 is 0 Å². The number of fused-ring (bicyclic) bond motifs is 14. The second-order valence-electron chi connectivity index (χ2n) is 26.8. The molecule has 11 aromatic carbocycles. The highest BCUT2D eigenvalue weighted by molar-refractivity contribution is 7.00. The molecule has 8 nitrogen and oxygen atoms in total. The van der Waals surface area contributed by atoms with Crippen molar-refractivity contribution in [1.82, 2.24) is 0 Å². The molecule has 0 saturated carbocycles. The molecule has 0 bridgehead atoms. The Labute approximate surface area is 534 Å². The molecule has 0 atom stereocenters. The summed E-state index contributed by atoms with van der Waals surface area (Å²) in [6.45, 7) is 13.6. The first-order valence-corrected chi connectivity index (χ1v) is 32.4. The van der Waals surface area contributed by atoms with Gasteiger partial charge in [0.05, 0.1) is 26.4 Å². The van der Waals surface area contributed by atoms with Crippen LogP contribution in [0.15, 0.2) is 227 Å². The van der Waals surface area contributed by atoms with Crippen LogP contribution in [-0.4, -0.2) is 33.1 Å². The number of hydrogen-bond donors (Lipinski definition) is 0. The molecule has 6 heterocycles. The van der Waals surface area contributed by atoms with Crippen molar-refractivity contribution in [3.63, 3.8) is 0 Å². The van der Waals surface area contributed by atoms with Gasteiger partial charge >= 0.3 is 0 Å². The van der Waals surface area contributed by atoms with Crippen LogP contribution in [0.1, 0.15) is 68.4 Å². The molecule has 0 spiro atoms. The van der Waals surface area contributed by atoms with Crippen molar-refractivity contribution in [2.45, 2.75) is 58.3 Å². The van der Waals surface area contributed by atoms with Crippen LogP contribution < -0.4 is 45.1 Å². The summed E-state index contributed by atoms with van der Waals surface area (Å²) < 4.78 is 40.6. The van der Waals surface area contributed by atoms with Crippen LogP contribution in [0.5, 0.6) is 23.0 Å². The highest BCUT2D eigenvalue weighted by Gasteiger charge is 2.46. The first kappa shape index (κ1) is 53.2. The quantitative estimate of drug-likeness (QED) is 0.153. The fraction of sp³-hybridized carbons (Fsp3) is 0.157. The summed E-state index contributed by atoms with van der Waals surface area (Å²) in [5, 5.41) is 2.10. The van der Waals surface area contributed by atoms with E-state index in [1.54, 1.807) is 0 Å². The van der Waals surface area contributed by atoms with Crippen LogP contribution in [-0.2, 0) is 10.8 Å². The predicted molar refractivity (Wildman–Crippen MR) is 373 cm³/mol. The minimum Gasteiger partial charge on any atom is -0.490 e. The number of furan rings is 2. The van der Waals surface area contributed by atoms with Gasteiger partial charge in [0.2, 0.25) is 0 Å². The third-order valence-corrected chi connectivity index (χ3v) is 20.6. The van der Waals surface area contributed by atoms with Gasteiger partial charge in [-0.25, -0.2) is 0 Å². The third kappa shape index (κ3) is 7.97. The summed E-state index contributed by atoms with van der Waals surface area (Å²) in [5.41, 5.74) is 28.6. The highest BCUT2D eigenvalue weighted by Crippen LogP contribution is 2.55. The van der Waals surface area contributed by atoms with Crippen molar-refractivity contribution in [2.24, 2.45) is 0 Å². The van der Waals surface area contributed by atoms with Crippen molar-refractivity contribution in [1.29, 1.82) is 0 Å². The molecule has 0 N–H and O–H groups in total. The van der Waals surface area contributed by atoms with Crippen molar-refractivity contribution in [3.8, 4) is 90.2 Å². The van der Waals surface area contributed by atoms with Gasteiger partial charge in [-0.1, -0.05) is 137 Å². The Morgan fingerprint density at radius 3 is 1.21 bits per heavy atom. The van der Waals surface area contributed by atoms with Gasteiger partial charge in [0.1, 0.15) is 22.7 Å². The smallest absolute Gasteiger partial charge is 0.252 e. The van der Waals surface area contributed by atoms with Crippen molar-refractivity contribution < 1.29 is 27.8 Å². The molecule has 0 saturated heterocycles. The monoisotopic (exact) mass is 1190 g/mol. The van der Waals surface area contributed by atoms with Gasteiger partial charge in [0.25, 0.3) is 6.71 Å². The van der Waals surface area contributed by atoms with E-state index in [0.29, 0.717) is 26.4 Å². The summed E-state index contributed by atoms with van der Waals surface area (Å²) in [6.07, 6.45) is 1.55. The zero-order valence-corrected chi connectivity index (χ0v) is 51.9. The lowest BCUT2D eigenvalue weighted by molar-refractivity contribution is 0.296. The number of benzene rings is 11. The average molecular weight is 1200 g/mol. The number of anilines is 6. The van der Waals surface area contributed by atoms with Gasteiger partial charge in [-0.15, -0.1) is 0 Å². The van der Waals surface area contributed by atoms with E-state index in [9.17, 15) is 0 Å². The van der Waals surface area contributed by atoms with E-state index in [-0.39, 0.29) is 17.5 Å². The second-order valence-corrected chi connectivity index (χ2v) is 26.8. The zero-order valence-electron chi connectivity index (χ0n) is 51.9. The molecule has 92 heavy (non-hydrogen) atoms. The van der Waals surface area contributed by atoms with Gasteiger partial charge in [-0.05, 0) is 193 Å². The standard InChI is InChI=1S/C83H63BN2O6/c1-48-32-71-81-72(33-48)86(58-37-54(35-56(39-58)76-43-52-17-7-13-23-74(52)92-76)50-25-27-62-60-19-9-11-21-64(60)83(4,5)66(62)41-50)70-47-80-78(88-29-15-31-90-80)45-68(70)84(81)67-44-77-79(89-30-14-28-87-77)46-69(67)85(71)57-36-53(34-55(38-57)75-42-51-16-6-12-22-73(51)91-75)49-24-26-61-59-18-8-10-20-63(59)82(2,3)65(61)40-49/h6-13,16-27,32-47H,14-15,28-31H2,1-5H3. The van der Waals surface area contributed by atoms with E-state index in [2.05, 4.69) is 251 Å². The fourth-order valence-electron chi connectivity index (χ4n) is 16.1. The maximum absolute atomic E-state index is 6.86. The highest BCUT2D eigenvalue weighted by atomic mass is 16.5. The maximum Gasteiger partial charge on any atom is 0.252 e. The van der Waals surface area contributed by atoms with Crippen LogP contribution in [0.4, 0.5) is 34.1 Å². The number of para-hydroxylation sites is 2. The van der Waals surface area contributed by atoms with Gasteiger partial charge in [0, 0.05) is 91.8 Å². The SMILES string of the molecule is Cc1cc2c3c(c1)N(c1cc(-c4ccc5c(c4)C(C)(C)c4ccccc4-5)cc(-c4cc5ccccc5o4)c1)c1cc4c(cc1B3c1cc3c(cc1N2c1cc(-c2ccc5c(c2)C(C)(C)c2ccccc2-5)cc(-c2cc5ccccc5o2)c1)OCCCO3)OCCCO4. The predicted octanol–water partition coefficient (Wildman–Crippen LogP) is 19.2. The van der Waals surface area contributed by atoms with Gasteiger partial charge in [-0.3, -0.25) is 0 Å². The number of aryl methyl sites for hydroxylation is 1. The van der Waals surface area contributed by atoms with E-state index in [1.807, 2.05) is 12.1 Å². The summed E-state index contributed by atoms with van der Waals surface area (Å²) in [6, 6.07) is 80.6. The van der Waals surface area contributed by atoms with Gasteiger partial charge < -0.3 is 37.6 Å². The maximum atomic E-state index is 6.86. The molecule has 444 valence electrons. The lowest BCUT2D eigenvalue weighted by atomic mass is 9.33. The first-order valence-electron chi connectivity index (χ1n) is 32.4. The molecule has 0 fully saturated rings. The molecule has 6 aliphatic rings. The Morgan fingerprint density at radius 1 is 0.348 bits per heavy atom. The van der Waals surface area contributed by atoms with Crippen LogP contribution in [0.3, 0.4) is 0 Å². The van der Waals surface area contributed by atoms with E-state index < -0.39 is 0 Å². The lowest BCUT2D eigenvalue weighted by Crippen LogP contribution is -2.61. The molecule has 0 unspecified atom stereocenters. The van der Waals surface area contributed by atoms with E-state index in [4.69, 9.17) is 27.8 Å². The average Bonchev–Trinajstić information content (AvgIpc) is 0.989. The molecule has 0 radical (unpaired) electrons. The van der Waals surface area contributed by atoms with Crippen molar-refractivity contribution in [2.75, 3.05) is 36.2 Å². The summed E-state index contributed by atoms with van der Waals surface area (Å²) >= 11 is 0. The molecule has 0 amide bonds. The van der Waals surface area contributed by atoms with Crippen molar-refractivity contribution >= 4 is 79.2 Å². The summed E-state index contributed by atoms with van der Waals surface area (Å²) in [5.74, 6) is 4.51. The Balaban J connectivity index is 0.874. The molecule has 2 aromatic heterocycles. The number of hydrogen-bond acceptors (Lipinski definition) is 8. The Morgan fingerprint density at radius 2 is 0.750 bits per heavy atom. The Bertz CT molecular complexity index is 4930.